The maximum atomic E-state index is 12.3. The first-order chi connectivity index (χ1) is 9.16. The summed E-state index contributed by atoms with van der Waals surface area (Å²) in [7, 11) is 1.71. The summed E-state index contributed by atoms with van der Waals surface area (Å²) < 4.78 is 6.62. The summed E-state index contributed by atoms with van der Waals surface area (Å²) in [6, 6.07) is 11.3. The van der Waals surface area contributed by atoms with Crippen LogP contribution in [-0.4, -0.2) is 17.9 Å². The van der Waals surface area contributed by atoms with Crippen LogP contribution in [0.3, 0.4) is 0 Å². The van der Waals surface area contributed by atoms with Gasteiger partial charge >= 0.3 is 0 Å². The molecule has 0 fully saturated rings. The van der Waals surface area contributed by atoms with Crippen LogP contribution in [0, 0.1) is 0 Å². The third-order valence-corrected chi connectivity index (χ3v) is 3.45. The van der Waals surface area contributed by atoms with Gasteiger partial charge < -0.3 is 4.74 Å². The minimum Gasteiger partial charge on any atom is -0.472 e. The van der Waals surface area contributed by atoms with Crippen LogP contribution in [0.2, 0.25) is 0 Å². The molecule has 2 heterocycles. The molecule has 1 amide bonds. The Labute approximate surface area is 119 Å². The molecule has 1 atom stereocenters. The summed E-state index contributed by atoms with van der Waals surface area (Å²) in [5.41, 5.74) is 0.838. The Morgan fingerprint density at radius 1 is 1.32 bits per heavy atom. The molecule has 0 aliphatic carbocycles. The first kappa shape index (κ1) is 12.2. The zero-order valence-corrected chi connectivity index (χ0v) is 11.8. The Hall–Kier alpha value is -1.88. The smallest absolute Gasteiger partial charge is 0.273 e. The first-order valence-electron chi connectivity index (χ1n) is 5.81. The number of likely N-dealkylation sites (N-methyl/N-ethyl adjacent to an activating group) is 1. The average Bonchev–Trinajstić information content (AvgIpc) is 2.43. The van der Waals surface area contributed by atoms with Crippen molar-refractivity contribution in [3.63, 3.8) is 0 Å². The van der Waals surface area contributed by atoms with E-state index in [9.17, 15) is 4.79 Å². The van der Waals surface area contributed by atoms with Crippen LogP contribution in [0.5, 0.6) is 5.75 Å². The summed E-state index contributed by atoms with van der Waals surface area (Å²) in [4.78, 5) is 18.1. The summed E-state index contributed by atoms with van der Waals surface area (Å²) in [5.74, 6) is 1.03. The van der Waals surface area contributed by atoms with E-state index in [1.54, 1.807) is 13.2 Å². The number of rotatable bonds is 1. The Morgan fingerprint density at radius 2 is 2.05 bits per heavy atom. The van der Waals surface area contributed by atoms with E-state index >= 15 is 0 Å². The van der Waals surface area contributed by atoms with Gasteiger partial charge in [-0.2, -0.15) is 0 Å². The minimum absolute atomic E-state index is 0.117. The third-order valence-electron chi connectivity index (χ3n) is 3.02. The Balaban J connectivity index is 2.05. The molecule has 0 radical (unpaired) electrons. The number of ether oxygens (including phenoxy) is 1. The number of nitrogens with zero attached hydrogens (tertiary/aromatic N) is 2. The van der Waals surface area contributed by atoms with Crippen LogP contribution >= 0.6 is 15.9 Å². The van der Waals surface area contributed by atoms with Gasteiger partial charge in [0.05, 0.1) is 0 Å². The highest BCUT2D eigenvalue weighted by Crippen LogP contribution is 2.37. The van der Waals surface area contributed by atoms with Crippen molar-refractivity contribution in [2.75, 3.05) is 11.9 Å². The molecule has 19 heavy (non-hydrogen) atoms. The number of anilines is 1. The van der Waals surface area contributed by atoms with E-state index in [0.717, 1.165) is 10.0 Å². The number of pyridine rings is 1. The van der Waals surface area contributed by atoms with Gasteiger partial charge in [0.25, 0.3) is 5.91 Å². The molecule has 0 saturated carbocycles. The molecule has 96 valence electrons. The molecule has 1 aliphatic heterocycles. The SMILES string of the molecule is CN1C(=O)C(c2ccccc2)Oc2cc(Br)cnc21. The Morgan fingerprint density at radius 3 is 2.79 bits per heavy atom. The quantitative estimate of drug-likeness (QED) is 0.812. The predicted octanol–water partition coefficient (Wildman–Crippen LogP) is 2.94. The van der Waals surface area contributed by atoms with Crippen LogP contribution in [0.4, 0.5) is 5.82 Å². The van der Waals surface area contributed by atoms with E-state index in [-0.39, 0.29) is 5.91 Å². The normalized spacial score (nSPS) is 17.9. The number of carbonyl (C=O) groups excluding carboxylic acids is 1. The highest BCUT2D eigenvalue weighted by atomic mass is 79.9. The summed E-state index contributed by atoms with van der Waals surface area (Å²) in [6.45, 7) is 0. The summed E-state index contributed by atoms with van der Waals surface area (Å²) in [6.07, 6.45) is 1.03. The molecular formula is C14H11BrN2O2. The zero-order chi connectivity index (χ0) is 13.4. The molecule has 4 nitrogen and oxygen atoms in total. The number of benzene rings is 1. The fraction of sp³-hybridized carbons (Fsp3) is 0.143. The Kier molecular flexibility index (Phi) is 2.98. The lowest BCUT2D eigenvalue weighted by Crippen LogP contribution is -2.38. The van der Waals surface area contributed by atoms with Crippen LogP contribution in [0.25, 0.3) is 0 Å². The van der Waals surface area contributed by atoms with E-state index in [1.165, 1.54) is 4.90 Å². The lowest BCUT2D eigenvalue weighted by Gasteiger charge is -2.31. The molecule has 1 aromatic heterocycles. The van der Waals surface area contributed by atoms with Gasteiger partial charge in [0, 0.05) is 23.3 Å². The maximum Gasteiger partial charge on any atom is 0.273 e. The molecule has 1 unspecified atom stereocenters. The molecular weight excluding hydrogens is 308 g/mol. The Bertz CT molecular complexity index is 631. The van der Waals surface area contributed by atoms with Gasteiger partial charge in [0.1, 0.15) is 0 Å². The van der Waals surface area contributed by atoms with E-state index < -0.39 is 6.10 Å². The molecule has 0 saturated heterocycles. The zero-order valence-electron chi connectivity index (χ0n) is 10.2. The highest BCUT2D eigenvalue weighted by Gasteiger charge is 2.34. The summed E-state index contributed by atoms with van der Waals surface area (Å²) in [5, 5.41) is 0. The van der Waals surface area contributed by atoms with Crippen LogP contribution in [0.15, 0.2) is 47.1 Å². The van der Waals surface area contributed by atoms with E-state index in [0.29, 0.717) is 11.6 Å². The number of hydrogen-bond acceptors (Lipinski definition) is 3. The van der Waals surface area contributed by atoms with Gasteiger partial charge in [-0.3, -0.25) is 9.69 Å². The van der Waals surface area contributed by atoms with E-state index in [1.807, 2.05) is 36.4 Å². The fourth-order valence-corrected chi connectivity index (χ4v) is 2.36. The fourth-order valence-electron chi connectivity index (χ4n) is 2.05. The molecule has 1 aromatic carbocycles. The average molecular weight is 319 g/mol. The molecule has 5 heteroatoms. The molecule has 2 aromatic rings. The predicted molar refractivity (Wildman–Crippen MR) is 75.2 cm³/mol. The van der Waals surface area contributed by atoms with Crippen molar-refractivity contribution in [1.82, 2.24) is 4.98 Å². The number of hydrogen-bond donors (Lipinski definition) is 0. The van der Waals surface area contributed by atoms with Gasteiger partial charge in [-0.1, -0.05) is 30.3 Å². The van der Waals surface area contributed by atoms with Gasteiger partial charge in [-0.25, -0.2) is 4.98 Å². The van der Waals surface area contributed by atoms with Gasteiger partial charge in [-0.15, -0.1) is 0 Å². The lowest BCUT2D eigenvalue weighted by molar-refractivity contribution is -0.126. The number of aromatic nitrogens is 1. The topological polar surface area (TPSA) is 42.4 Å². The second-order valence-electron chi connectivity index (χ2n) is 4.28. The van der Waals surface area contributed by atoms with Crippen LogP contribution < -0.4 is 9.64 Å². The standard InChI is InChI=1S/C14H11BrN2O2/c1-17-13-11(7-10(15)8-16-13)19-12(14(17)18)9-5-3-2-4-6-9/h2-8,12H,1H3. The lowest BCUT2D eigenvalue weighted by atomic mass is 10.1. The second-order valence-corrected chi connectivity index (χ2v) is 5.20. The highest BCUT2D eigenvalue weighted by molar-refractivity contribution is 9.10. The van der Waals surface area contributed by atoms with Crippen LogP contribution in [-0.2, 0) is 4.79 Å². The monoisotopic (exact) mass is 318 g/mol. The molecule has 1 aliphatic rings. The van der Waals surface area contributed by atoms with Gasteiger partial charge in [0.15, 0.2) is 11.6 Å². The summed E-state index contributed by atoms with van der Waals surface area (Å²) >= 11 is 3.36. The number of halogens is 1. The van der Waals surface area contributed by atoms with Crippen molar-refractivity contribution in [1.29, 1.82) is 0 Å². The van der Waals surface area contributed by atoms with E-state index in [2.05, 4.69) is 20.9 Å². The van der Waals surface area contributed by atoms with Crippen molar-refractivity contribution in [2.45, 2.75) is 6.10 Å². The van der Waals surface area contributed by atoms with Gasteiger partial charge in [0.2, 0.25) is 6.10 Å². The van der Waals surface area contributed by atoms with Crippen molar-refractivity contribution in [3.8, 4) is 5.75 Å². The van der Waals surface area contributed by atoms with Crippen molar-refractivity contribution in [3.05, 3.63) is 52.6 Å². The second kappa shape index (κ2) is 4.66. The number of fused-ring (bicyclic) bond motifs is 1. The van der Waals surface area contributed by atoms with Crippen molar-refractivity contribution < 1.29 is 9.53 Å². The number of amides is 1. The molecule has 0 N–H and O–H groups in total. The van der Waals surface area contributed by atoms with Crippen LogP contribution in [0.1, 0.15) is 11.7 Å². The number of carbonyl (C=O) groups is 1. The third kappa shape index (κ3) is 2.10. The van der Waals surface area contributed by atoms with Crippen molar-refractivity contribution in [2.24, 2.45) is 0 Å². The largest absolute Gasteiger partial charge is 0.472 e. The minimum atomic E-state index is -0.616. The first-order valence-corrected chi connectivity index (χ1v) is 6.61. The molecule has 0 spiro atoms. The maximum absolute atomic E-state index is 12.3. The van der Waals surface area contributed by atoms with E-state index in [4.69, 9.17) is 4.74 Å². The molecule has 3 rings (SSSR count). The molecule has 0 bridgehead atoms. The van der Waals surface area contributed by atoms with Gasteiger partial charge in [-0.05, 0) is 22.0 Å². The van der Waals surface area contributed by atoms with Crippen molar-refractivity contribution >= 4 is 27.7 Å².